The van der Waals surface area contributed by atoms with Crippen LogP contribution in [0.3, 0.4) is 0 Å². The zero-order valence-corrected chi connectivity index (χ0v) is 19.6. The molecule has 0 aliphatic heterocycles. The van der Waals surface area contributed by atoms with Gasteiger partial charge < -0.3 is 14.2 Å². The molecule has 1 aromatic heterocycles. The van der Waals surface area contributed by atoms with Gasteiger partial charge >= 0.3 is 0 Å². The number of non-ortho nitro benzene ring substituents is 1. The van der Waals surface area contributed by atoms with Crippen molar-refractivity contribution in [2.75, 3.05) is 13.1 Å². The number of carbonyl (C=O) groups excluding carboxylic acids is 2. The van der Waals surface area contributed by atoms with Crippen LogP contribution in [0.25, 0.3) is 0 Å². The minimum absolute atomic E-state index is 0.103. The topological polar surface area (TPSA) is 96.9 Å². The number of nitrogens with zero attached hydrogens (tertiary/aromatic N) is 3. The van der Waals surface area contributed by atoms with Gasteiger partial charge in [-0.1, -0.05) is 50.2 Å². The van der Waals surface area contributed by atoms with Crippen LogP contribution in [-0.4, -0.2) is 39.6 Å². The fourth-order valence-corrected chi connectivity index (χ4v) is 3.65. The highest BCUT2D eigenvalue weighted by Gasteiger charge is 2.25. The molecule has 2 amide bonds. The molecule has 178 valence electrons. The Morgan fingerprint density at radius 3 is 2.32 bits per heavy atom. The van der Waals surface area contributed by atoms with Crippen LogP contribution in [-0.2, 0) is 17.9 Å². The highest BCUT2D eigenvalue weighted by molar-refractivity contribution is 5.97. The summed E-state index contributed by atoms with van der Waals surface area (Å²) in [6.45, 7) is 6.56. The molecule has 0 aliphatic rings. The van der Waals surface area contributed by atoms with E-state index in [-0.39, 0.29) is 36.2 Å². The second-order valence-electron chi connectivity index (χ2n) is 8.63. The van der Waals surface area contributed by atoms with Gasteiger partial charge in [-0.15, -0.1) is 0 Å². The lowest BCUT2D eigenvalue weighted by molar-refractivity contribution is -0.384. The first-order valence-electron chi connectivity index (χ1n) is 11.1. The van der Waals surface area contributed by atoms with E-state index < -0.39 is 10.8 Å². The van der Waals surface area contributed by atoms with E-state index in [0.29, 0.717) is 18.8 Å². The average Bonchev–Trinajstić information content (AvgIpc) is 3.22. The number of nitro benzene ring substituents is 1. The molecule has 34 heavy (non-hydrogen) atoms. The Balaban J connectivity index is 1.84. The number of hydrogen-bond donors (Lipinski definition) is 0. The molecular weight excluding hydrogens is 434 g/mol. The van der Waals surface area contributed by atoms with Gasteiger partial charge in [0, 0.05) is 30.8 Å². The van der Waals surface area contributed by atoms with Crippen LogP contribution in [0.5, 0.6) is 0 Å². The zero-order valence-electron chi connectivity index (χ0n) is 19.6. The third kappa shape index (κ3) is 6.78. The standard InChI is InChI=1S/C26H29N3O5/c1-19(2)15-28(26(31)22-10-7-11-23(14-22)29(32)33)18-25(30)27(16-21-8-5-4-6-9-21)17-24-13-12-20(3)34-24/h4-14,19H,15-18H2,1-3H3. The first-order chi connectivity index (χ1) is 16.2. The summed E-state index contributed by atoms with van der Waals surface area (Å²) >= 11 is 0. The van der Waals surface area contributed by atoms with Crippen LogP contribution < -0.4 is 0 Å². The molecule has 3 aromatic rings. The number of benzene rings is 2. The number of aryl methyl sites for hydroxylation is 1. The molecular formula is C26H29N3O5. The molecule has 8 heteroatoms. The smallest absolute Gasteiger partial charge is 0.270 e. The Bertz CT molecular complexity index is 1140. The van der Waals surface area contributed by atoms with E-state index in [4.69, 9.17) is 4.42 Å². The minimum Gasteiger partial charge on any atom is -0.464 e. The summed E-state index contributed by atoms with van der Waals surface area (Å²) in [6, 6.07) is 18.9. The first-order valence-corrected chi connectivity index (χ1v) is 11.1. The SMILES string of the molecule is Cc1ccc(CN(Cc2ccccc2)C(=O)CN(CC(C)C)C(=O)c2cccc([N+](=O)[O-])c2)o1. The highest BCUT2D eigenvalue weighted by Crippen LogP contribution is 2.17. The van der Waals surface area contributed by atoms with Crippen molar-refractivity contribution in [3.05, 3.63) is 99.5 Å². The van der Waals surface area contributed by atoms with Gasteiger partial charge in [-0.2, -0.15) is 0 Å². The number of furan rings is 1. The number of hydrogen-bond acceptors (Lipinski definition) is 5. The van der Waals surface area contributed by atoms with Crippen molar-refractivity contribution in [1.82, 2.24) is 9.80 Å². The van der Waals surface area contributed by atoms with Crippen LogP contribution in [0.1, 0.15) is 41.3 Å². The second-order valence-corrected chi connectivity index (χ2v) is 8.63. The molecule has 2 aromatic carbocycles. The van der Waals surface area contributed by atoms with Gasteiger partial charge in [0.1, 0.15) is 18.1 Å². The normalized spacial score (nSPS) is 10.8. The van der Waals surface area contributed by atoms with Crippen molar-refractivity contribution in [3.8, 4) is 0 Å². The molecule has 0 atom stereocenters. The van der Waals surface area contributed by atoms with E-state index >= 15 is 0 Å². The van der Waals surface area contributed by atoms with Gasteiger partial charge in [-0.3, -0.25) is 19.7 Å². The fourth-order valence-electron chi connectivity index (χ4n) is 3.65. The lowest BCUT2D eigenvalue weighted by Crippen LogP contribution is -2.43. The Labute approximate surface area is 198 Å². The maximum atomic E-state index is 13.4. The van der Waals surface area contributed by atoms with Gasteiger partial charge in [0.15, 0.2) is 0 Å². The van der Waals surface area contributed by atoms with Crippen LogP contribution in [0.2, 0.25) is 0 Å². The van der Waals surface area contributed by atoms with E-state index in [2.05, 4.69) is 0 Å². The maximum absolute atomic E-state index is 13.4. The Morgan fingerprint density at radius 1 is 0.971 bits per heavy atom. The first kappa shape index (κ1) is 24.7. The lowest BCUT2D eigenvalue weighted by Gasteiger charge is -2.28. The van der Waals surface area contributed by atoms with E-state index in [1.54, 1.807) is 4.90 Å². The van der Waals surface area contributed by atoms with Gasteiger partial charge in [0.05, 0.1) is 11.5 Å². The van der Waals surface area contributed by atoms with Crippen molar-refractivity contribution in [1.29, 1.82) is 0 Å². The quantitative estimate of drug-likeness (QED) is 0.317. The molecule has 0 N–H and O–H groups in total. The molecule has 1 heterocycles. The Hall–Kier alpha value is -3.94. The molecule has 0 bridgehead atoms. The van der Waals surface area contributed by atoms with Crippen LogP contribution in [0.15, 0.2) is 71.1 Å². The fraction of sp³-hybridized carbons (Fsp3) is 0.308. The largest absolute Gasteiger partial charge is 0.464 e. The number of amides is 2. The summed E-state index contributed by atoms with van der Waals surface area (Å²) < 4.78 is 5.69. The maximum Gasteiger partial charge on any atom is 0.270 e. The number of nitro groups is 1. The van der Waals surface area contributed by atoms with Crippen LogP contribution in [0, 0.1) is 23.0 Å². The van der Waals surface area contributed by atoms with Crippen molar-refractivity contribution in [2.45, 2.75) is 33.9 Å². The molecule has 0 unspecified atom stereocenters. The van der Waals surface area contributed by atoms with Gasteiger partial charge in [0.25, 0.3) is 11.6 Å². The third-order valence-corrected chi connectivity index (χ3v) is 5.21. The molecule has 0 radical (unpaired) electrons. The van der Waals surface area contributed by atoms with E-state index in [9.17, 15) is 19.7 Å². The van der Waals surface area contributed by atoms with Crippen LogP contribution in [0.4, 0.5) is 5.69 Å². The lowest BCUT2D eigenvalue weighted by atomic mass is 10.1. The molecule has 8 nitrogen and oxygen atoms in total. The number of rotatable bonds is 10. The molecule has 0 saturated carbocycles. The average molecular weight is 464 g/mol. The summed E-state index contributed by atoms with van der Waals surface area (Å²) in [5, 5.41) is 11.2. The van der Waals surface area contributed by atoms with E-state index in [1.165, 1.54) is 29.2 Å². The Kier molecular flexibility index (Phi) is 8.19. The molecule has 0 saturated heterocycles. The third-order valence-electron chi connectivity index (χ3n) is 5.21. The molecule has 0 fully saturated rings. The summed E-state index contributed by atoms with van der Waals surface area (Å²) in [7, 11) is 0. The monoisotopic (exact) mass is 463 g/mol. The Morgan fingerprint density at radius 2 is 1.71 bits per heavy atom. The molecule has 0 aliphatic carbocycles. The molecule has 0 spiro atoms. The van der Waals surface area contributed by atoms with Crippen molar-refractivity contribution in [3.63, 3.8) is 0 Å². The van der Waals surface area contributed by atoms with E-state index in [1.807, 2.05) is 63.2 Å². The van der Waals surface area contributed by atoms with Gasteiger partial charge in [-0.05, 0) is 36.6 Å². The van der Waals surface area contributed by atoms with Crippen molar-refractivity contribution in [2.24, 2.45) is 5.92 Å². The van der Waals surface area contributed by atoms with Gasteiger partial charge in [0.2, 0.25) is 5.91 Å². The van der Waals surface area contributed by atoms with Crippen molar-refractivity contribution >= 4 is 17.5 Å². The summed E-state index contributed by atoms with van der Waals surface area (Å²) in [4.78, 5) is 40.4. The number of carbonyl (C=O) groups is 2. The summed E-state index contributed by atoms with van der Waals surface area (Å²) in [5.74, 6) is 0.855. The zero-order chi connectivity index (χ0) is 24.7. The van der Waals surface area contributed by atoms with Crippen LogP contribution >= 0.6 is 0 Å². The predicted octanol–water partition coefficient (Wildman–Crippen LogP) is 4.82. The van der Waals surface area contributed by atoms with E-state index in [0.717, 1.165) is 11.3 Å². The second kappa shape index (κ2) is 11.3. The molecule has 3 rings (SSSR count). The predicted molar refractivity (Wildman–Crippen MR) is 128 cm³/mol. The minimum atomic E-state index is -0.540. The van der Waals surface area contributed by atoms with Gasteiger partial charge in [-0.25, -0.2) is 0 Å². The summed E-state index contributed by atoms with van der Waals surface area (Å²) in [5.41, 5.74) is 0.971. The summed E-state index contributed by atoms with van der Waals surface area (Å²) in [6.07, 6.45) is 0. The van der Waals surface area contributed by atoms with Crippen molar-refractivity contribution < 1.29 is 18.9 Å². The highest BCUT2D eigenvalue weighted by atomic mass is 16.6.